The monoisotopic (exact) mass is 496 g/mol. The smallest absolute Gasteiger partial charge is 0.407 e. The molecule has 0 spiro atoms. The van der Waals surface area contributed by atoms with E-state index in [1.165, 1.54) is 16.7 Å². The zero-order chi connectivity index (χ0) is 25.1. The van der Waals surface area contributed by atoms with Gasteiger partial charge >= 0.3 is 12.1 Å². The largest absolute Gasteiger partial charge is 0.480 e. The lowest BCUT2D eigenvalue weighted by Gasteiger charge is -2.31. The van der Waals surface area contributed by atoms with Crippen LogP contribution in [-0.4, -0.2) is 57.8 Å². The lowest BCUT2D eigenvalue weighted by atomic mass is 9.98. The Morgan fingerprint density at radius 1 is 1.09 bits per heavy atom. The van der Waals surface area contributed by atoms with Gasteiger partial charge in [0.1, 0.15) is 18.7 Å². The van der Waals surface area contributed by atoms with E-state index < -0.39 is 24.1 Å². The molecule has 3 unspecified atom stereocenters. The molecule has 2 aromatic rings. The second kappa shape index (κ2) is 10.7. The zero-order valence-electron chi connectivity index (χ0n) is 20.3. The number of carboxylic acid groups (broad SMARTS) is 1. The Morgan fingerprint density at radius 3 is 2.23 bits per heavy atom. The fourth-order valence-electron chi connectivity index (χ4n) is 5.02. The minimum absolute atomic E-state index is 0.0803. The van der Waals surface area contributed by atoms with Gasteiger partial charge < -0.3 is 20.1 Å². The molecule has 1 aliphatic carbocycles. The summed E-state index contributed by atoms with van der Waals surface area (Å²) in [6.07, 6.45) is 0.365. The highest BCUT2D eigenvalue weighted by Crippen LogP contribution is 2.44. The molecule has 2 N–H and O–H groups in total. The summed E-state index contributed by atoms with van der Waals surface area (Å²) in [7, 11) is 0. The first-order chi connectivity index (χ1) is 16.8. The van der Waals surface area contributed by atoms with E-state index >= 15 is 0 Å². The van der Waals surface area contributed by atoms with Crippen molar-refractivity contribution >= 4 is 29.7 Å². The Hall–Kier alpha value is -3.00. The van der Waals surface area contributed by atoms with Crippen LogP contribution in [0, 0.1) is 5.92 Å². The minimum Gasteiger partial charge on any atom is -0.480 e. The summed E-state index contributed by atoms with van der Waals surface area (Å²) in [4.78, 5) is 39.6. The van der Waals surface area contributed by atoms with Crippen molar-refractivity contribution in [2.45, 2.75) is 57.0 Å². The van der Waals surface area contributed by atoms with Crippen molar-refractivity contribution in [2.24, 2.45) is 5.92 Å². The van der Waals surface area contributed by atoms with E-state index in [1.807, 2.05) is 57.2 Å². The molecule has 4 rings (SSSR count). The molecule has 2 aromatic carbocycles. The molecule has 1 heterocycles. The number of carboxylic acids is 1. The molecule has 2 aliphatic rings. The van der Waals surface area contributed by atoms with E-state index in [0.29, 0.717) is 18.6 Å². The first kappa shape index (κ1) is 25.1. The van der Waals surface area contributed by atoms with Gasteiger partial charge in [0.05, 0.1) is 5.37 Å². The molecular formula is C27H32N2O5S. The number of nitrogens with one attached hydrogen (secondary N) is 1. The number of carbonyl (C=O) groups excluding carboxylic acids is 2. The predicted octanol–water partition coefficient (Wildman–Crippen LogP) is 4.70. The van der Waals surface area contributed by atoms with Gasteiger partial charge in [0, 0.05) is 11.7 Å². The van der Waals surface area contributed by atoms with Gasteiger partial charge in [-0.25, -0.2) is 9.59 Å². The number of nitrogens with zero attached hydrogens (tertiary/aromatic N) is 1. The molecule has 1 aliphatic heterocycles. The first-order valence-electron chi connectivity index (χ1n) is 12.1. The Balaban J connectivity index is 1.47. The highest BCUT2D eigenvalue weighted by molar-refractivity contribution is 8.00. The highest BCUT2D eigenvalue weighted by Gasteiger charge is 2.43. The van der Waals surface area contributed by atoms with Gasteiger partial charge in [-0.05, 0) is 41.0 Å². The Bertz CT molecular complexity index is 1060. The molecule has 1 fully saturated rings. The summed E-state index contributed by atoms with van der Waals surface area (Å²) < 4.78 is 5.65. The van der Waals surface area contributed by atoms with Crippen molar-refractivity contribution < 1.29 is 24.2 Å². The number of aliphatic carboxylic acids is 1. The third-order valence-electron chi connectivity index (χ3n) is 6.62. The minimum atomic E-state index is -1.02. The molecule has 7 nitrogen and oxygen atoms in total. The molecule has 2 amide bonds. The molecule has 186 valence electrons. The maximum absolute atomic E-state index is 13.5. The Morgan fingerprint density at radius 2 is 1.69 bits per heavy atom. The van der Waals surface area contributed by atoms with Crippen LogP contribution in [0.2, 0.25) is 0 Å². The van der Waals surface area contributed by atoms with Crippen molar-refractivity contribution in [3.8, 4) is 11.1 Å². The van der Waals surface area contributed by atoms with Crippen molar-refractivity contribution in [3.05, 3.63) is 59.7 Å². The van der Waals surface area contributed by atoms with E-state index in [4.69, 9.17) is 4.74 Å². The molecule has 0 bridgehead atoms. The number of amides is 2. The number of rotatable bonds is 8. The van der Waals surface area contributed by atoms with Crippen LogP contribution in [0.1, 0.15) is 50.7 Å². The topological polar surface area (TPSA) is 95.9 Å². The second-order valence-electron chi connectivity index (χ2n) is 9.45. The van der Waals surface area contributed by atoms with Gasteiger partial charge in [-0.3, -0.25) is 4.79 Å². The summed E-state index contributed by atoms with van der Waals surface area (Å²) in [5.41, 5.74) is 4.50. The SMILES string of the molecule is CCC1SCC(C(=O)O)N1C(=O)C(CC(C)C)NC(=O)OCC1c2ccccc2-c2ccccc21. The van der Waals surface area contributed by atoms with Crippen LogP contribution in [0.25, 0.3) is 11.1 Å². The number of benzene rings is 2. The second-order valence-corrected chi connectivity index (χ2v) is 10.7. The number of carbonyl (C=O) groups is 3. The van der Waals surface area contributed by atoms with Gasteiger partial charge in [0.2, 0.25) is 5.91 Å². The average molecular weight is 497 g/mol. The van der Waals surface area contributed by atoms with Crippen LogP contribution in [0.4, 0.5) is 4.79 Å². The average Bonchev–Trinajstić information content (AvgIpc) is 3.41. The molecule has 3 atom stereocenters. The van der Waals surface area contributed by atoms with E-state index in [-0.39, 0.29) is 29.7 Å². The van der Waals surface area contributed by atoms with E-state index in [1.54, 1.807) is 0 Å². The lowest BCUT2D eigenvalue weighted by Crippen LogP contribution is -2.54. The van der Waals surface area contributed by atoms with E-state index in [0.717, 1.165) is 22.3 Å². The predicted molar refractivity (Wildman–Crippen MR) is 136 cm³/mol. The third-order valence-corrected chi connectivity index (χ3v) is 8.08. The molecular weight excluding hydrogens is 464 g/mol. The quantitative estimate of drug-likeness (QED) is 0.550. The standard InChI is InChI=1S/C27H32N2O5S/c1-4-24-29(23(15-35-24)26(31)32)25(30)22(13-16(2)3)28-27(33)34-14-21-19-11-7-5-9-17(19)18-10-6-8-12-20(18)21/h5-12,16,21-24H,4,13-15H2,1-3H3,(H,28,33)(H,31,32). The van der Waals surface area contributed by atoms with Crippen LogP contribution in [0.3, 0.4) is 0 Å². The Kier molecular flexibility index (Phi) is 7.69. The lowest BCUT2D eigenvalue weighted by molar-refractivity contribution is -0.150. The Labute approximate surface area is 210 Å². The van der Waals surface area contributed by atoms with Crippen molar-refractivity contribution in [3.63, 3.8) is 0 Å². The number of hydrogen-bond acceptors (Lipinski definition) is 5. The van der Waals surface area contributed by atoms with Gasteiger partial charge in [0.25, 0.3) is 0 Å². The maximum Gasteiger partial charge on any atom is 0.407 e. The zero-order valence-corrected chi connectivity index (χ0v) is 21.1. The van der Waals surface area contributed by atoms with Crippen molar-refractivity contribution in [1.29, 1.82) is 0 Å². The molecule has 0 radical (unpaired) electrons. The number of hydrogen-bond donors (Lipinski definition) is 2. The normalized spacial score (nSPS) is 19.8. The van der Waals surface area contributed by atoms with Crippen LogP contribution in [0.5, 0.6) is 0 Å². The summed E-state index contributed by atoms with van der Waals surface area (Å²) in [6, 6.07) is 14.5. The summed E-state index contributed by atoms with van der Waals surface area (Å²) in [5.74, 6) is -0.999. The van der Waals surface area contributed by atoms with Gasteiger partial charge in [-0.2, -0.15) is 0 Å². The summed E-state index contributed by atoms with van der Waals surface area (Å²) >= 11 is 1.46. The summed E-state index contributed by atoms with van der Waals surface area (Å²) in [5, 5.41) is 12.2. The molecule has 1 saturated heterocycles. The van der Waals surface area contributed by atoms with E-state index in [2.05, 4.69) is 17.4 Å². The van der Waals surface area contributed by atoms with Crippen LogP contribution >= 0.6 is 11.8 Å². The number of fused-ring (bicyclic) bond motifs is 3. The number of thioether (sulfide) groups is 1. The molecule has 0 saturated carbocycles. The van der Waals surface area contributed by atoms with Crippen molar-refractivity contribution in [2.75, 3.05) is 12.4 Å². The first-order valence-corrected chi connectivity index (χ1v) is 13.1. The van der Waals surface area contributed by atoms with Gasteiger partial charge in [-0.15, -0.1) is 11.8 Å². The fraction of sp³-hybridized carbons (Fsp3) is 0.444. The van der Waals surface area contributed by atoms with Crippen molar-refractivity contribution in [1.82, 2.24) is 10.2 Å². The van der Waals surface area contributed by atoms with Crippen LogP contribution in [0.15, 0.2) is 48.5 Å². The number of ether oxygens (including phenoxy) is 1. The van der Waals surface area contributed by atoms with Crippen LogP contribution < -0.4 is 5.32 Å². The highest BCUT2D eigenvalue weighted by atomic mass is 32.2. The van der Waals surface area contributed by atoms with Gasteiger partial charge in [0.15, 0.2) is 0 Å². The molecule has 0 aromatic heterocycles. The van der Waals surface area contributed by atoms with E-state index in [9.17, 15) is 19.5 Å². The number of alkyl carbamates (subject to hydrolysis) is 1. The summed E-state index contributed by atoms with van der Waals surface area (Å²) in [6.45, 7) is 6.00. The van der Waals surface area contributed by atoms with Gasteiger partial charge in [-0.1, -0.05) is 69.3 Å². The molecule has 8 heteroatoms. The molecule has 35 heavy (non-hydrogen) atoms. The maximum atomic E-state index is 13.5. The van der Waals surface area contributed by atoms with Crippen LogP contribution in [-0.2, 0) is 14.3 Å². The third kappa shape index (κ3) is 5.17. The fourth-order valence-corrected chi connectivity index (χ4v) is 6.37.